The van der Waals surface area contributed by atoms with E-state index in [9.17, 15) is 0 Å². The van der Waals surface area contributed by atoms with Crippen molar-refractivity contribution in [3.05, 3.63) is 11.6 Å². The highest BCUT2D eigenvalue weighted by atomic mass is 14.3. The van der Waals surface area contributed by atoms with Gasteiger partial charge in [-0.05, 0) is 43.4 Å². The summed E-state index contributed by atoms with van der Waals surface area (Å²) >= 11 is 0. The van der Waals surface area contributed by atoms with Crippen molar-refractivity contribution >= 4 is 0 Å². The zero-order valence-corrected chi connectivity index (χ0v) is 10.5. The van der Waals surface area contributed by atoms with E-state index in [1.54, 1.807) is 5.57 Å². The molecule has 1 aliphatic rings. The molecule has 4 atom stereocenters. The van der Waals surface area contributed by atoms with Crippen molar-refractivity contribution in [1.82, 2.24) is 0 Å². The van der Waals surface area contributed by atoms with Gasteiger partial charge in [-0.15, -0.1) is 0 Å². The molecule has 0 heterocycles. The molecule has 4 unspecified atom stereocenters. The Morgan fingerprint density at radius 1 is 1.43 bits per heavy atom. The maximum Gasteiger partial charge on any atom is -0.0234 e. The van der Waals surface area contributed by atoms with Crippen LogP contribution < -0.4 is 0 Å². The van der Waals surface area contributed by atoms with Crippen LogP contribution in [0.25, 0.3) is 0 Å². The molecule has 0 bridgehead atoms. The summed E-state index contributed by atoms with van der Waals surface area (Å²) in [6.45, 7) is 11.8. The highest BCUT2D eigenvalue weighted by Gasteiger charge is 2.24. The fourth-order valence-corrected chi connectivity index (χ4v) is 2.64. The van der Waals surface area contributed by atoms with Gasteiger partial charge in [0.1, 0.15) is 0 Å². The third kappa shape index (κ3) is 2.87. The largest absolute Gasteiger partial charge is 0.0825 e. The molecule has 0 saturated heterocycles. The van der Waals surface area contributed by atoms with Crippen molar-refractivity contribution in [3.63, 3.8) is 0 Å². The molecule has 0 amide bonds. The molecule has 0 aromatic heterocycles. The predicted octanol–water partition coefficient (Wildman–Crippen LogP) is 4.66. The number of hydrogen-bond donors (Lipinski definition) is 0. The first-order valence-electron chi connectivity index (χ1n) is 6.21. The van der Waals surface area contributed by atoms with Gasteiger partial charge >= 0.3 is 0 Å². The minimum Gasteiger partial charge on any atom is -0.0825 e. The number of hydrogen-bond acceptors (Lipinski definition) is 0. The molecular formula is C14H26. The summed E-state index contributed by atoms with van der Waals surface area (Å²) in [5.41, 5.74) is 1.62. The topological polar surface area (TPSA) is 0 Å². The molecule has 1 aliphatic carbocycles. The Labute approximate surface area is 89.8 Å². The zero-order valence-electron chi connectivity index (χ0n) is 10.5. The standard InChI is InChI=1S/C14H26/c1-6-11(3)14-8-10(2)7-12(4)13(5)9-14/h7,11-14H,6,8-9H2,1-5H3. The summed E-state index contributed by atoms with van der Waals surface area (Å²) in [7, 11) is 0. The minimum atomic E-state index is 0.782. The SMILES string of the molecule is CCC(C)C1CC(C)=CC(C)C(C)C1. The summed E-state index contributed by atoms with van der Waals surface area (Å²) in [5.74, 6) is 3.47. The average molecular weight is 194 g/mol. The highest BCUT2D eigenvalue weighted by Crippen LogP contribution is 2.35. The second kappa shape index (κ2) is 5.00. The summed E-state index contributed by atoms with van der Waals surface area (Å²) in [6.07, 6.45) is 6.58. The van der Waals surface area contributed by atoms with Gasteiger partial charge in [-0.1, -0.05) is 45.8 Å². The lowest BCUT2D eigenvalue weighted by molar-refractivity contribution is 0.269. The van der Waals surface area contributed by atoms with Gasteiger partial charge in [0.25, 0.3) is 0 Å². The van der Waals surface area contributed by atoms with Crippen LogP contribution in [0.2, 0.25) is 0 Å². The second-order valence-corrected chi connectivity index (χ2v) is 5.43. The van der Waals surface area contributed by atoms with Crippen LogP contribution in [0.3, 0.4) is 0 Å². The Balaban J connectivity index is 2.69. The van der Waals surface area contributed by atoms with Crippen LogP contribution in [-0.4, -0.2) is 0 Å². The van der Waals surface area contributed by atoms with Crippen LogP contribution in [-0.2, 0) is 0 Å². The van der Waals surface area contributed by atoms with E-state index in [0.717, 1.165) is 23.7 Å². The van der Waals surface area contributed by atoms with Crippen LogP contribution >= 0.6 is 0 Å². The fourth-order valence-electron chi connectivity index (χ4n) is 2.64. The molecule has 0 N–H and O–H groups in total. The fraction of sp³-hybridized carbons (Fsp3) is 0.857. The Morgan fingerprint density at radius 3 is 2.64 bits per heavy atom. The molecular weight excluding hydrogens is 168 g/mol. The summed E-state index contributed by atoms with van der Waals surface area (Å²) in [5, 5.41) is 0. The maximum atomic E-state index is 2.49. The third-order valence-electron chi connectivity index (χ3n) is 4.15. The van der Waals surface area contributed by atoms with Gasteiger partial charge in [0.05, 0.1) is 0 Å². The molecule has 0 radical (unpaired) electrons. The predicted molar refractivity (Wildman–Crippen MR) is 64.3 cm³/mol. The molecule has 0 nitrogen and oxygen atoms in total. The molecule has 0 fully saturated rings. The van der Waals surface area contributed by atoms with Gasteiger partial charge < -0.3 is 0 Å². The average Bonchev–Trinajstić information content (AvgIpc) is 2.25. The molecule has 0 saturated carbocycles. The Kier molecular flexibility index (Phi) is 4.22. The molecule has 82 valence electrons. The van der Waals surface area contributed by atoms with Crippen molar-refractivity contribution in [3.8, 4) is 0 Å². The Hall–Kier alpha value is -0.260. The van der Waals surface area contributed by atoms with Crippen molar-refractivity contribution < 1.29 is 0 Å². The van der Waals surface area contributed by atoms with Crippen LogP contribution in [0.4, 0.5) is 0 Å². The maximum absolute atomic E-state index is 2.49. The lowest BCUT2D eigenvalue weighted by atomic mass is 9.81. The van der Waals surface area contributed by atoms with Crippen LogP contribution in [0, 0.1) is 23.7 Å². The van der Waals surface area contributed by atoms with Crippen molar-refractivity contribution in [1.29, 1.82) is 0 Å². The second-order valence-electron chi connectivity index (χ2n) is 5.43. The van der Waals surface area contributed by atoms with E-state index >= 15 is 0 Å². The molecule has 0 aliphatic heterocycles. The zero-order chi connectivity index (χ0) is 10.7. The minimum absolute atomic E-state index is 0.782. The molecule has 0 aromatic rings. The first-order valence-corrected chi connectivity index (χ1v) is 6.21. The van der Waals surface area contributed by atoms with E-state index in [1.807, 2.05) is 0 Å². The van der Waals surface area contributed by atoms with Gasteiger partial charge in [-0.3, -0.25) is 0 Å². The van der Waals surface area contributed by atoms with Gasteiger partial charge in [0.15, 0.2) is 0 Å². The molecule has 0 aromatic carbocycles. The summed E-state index contributed by atoms with van der Waals surface area (Å²) < 4.78 is 0. The lowest BCUT2D eigenvalue weighted by Crippen LogP contribution is -2.15. The van der Waals surface area contributed by atoms with E-state index in [-0.39, 0.29) is 0 Å². The Bertz CT molecular complexity index is 202. The summed E-state index contributed by atoms with van der Waals surface area (Å²) in [4.78, 5) is 0. The first-order chi connectivity index (χ1) is 6.54. The highest BCUT2D eigenvalue weighted by molar-refractivity contribution is 5.05. The van der Waals surface area contributed by atoms with Gasteiger partial charge in [0, 0.05) is 0 Å². The molecule has 1 rings (SSSR count). The number of allylic oxidation sites excluding steroid dienone is 2. The molecule has 14 heavy (non-hydrogen) atoms. The molecule has 0 heteroatoms. The van der Waals surface area contributed by atoms with Crippen molar-refractivity contribution in [2.45, 2.75) is 53.9 Å². The van der Waals surface area contributed by atoms with Crippen LogP contribution in [0.5, 0.6) is 0 Å². The Morgan fingerprint density at radius 2 is 2.07 bits per heavy atom. The van der Waals surface area contributed by atoms with E-state index in [2.05, 4.69) is 40.7 Å². The monoisotopic (exact) mass is 194 g/mol. The van der Waals surface area contributed by atoms with Crippen LogP contribution in [0.15, 0.2) is 11.6 Å². The normalized spacial score (nSPS) is 36.1. The number of rotatable bonds is 2. The van der Waals surface area contributed by atoms with E-state index in [1.165, 1.54) is 19.3 Å². The van der Waals surface area contributed by atoms with Gasteiger partial charge in [-0.25, -0.2) is 0 Å². The smallest absolute Gasteiger partial charge is 0.0234 e. The quantitative estimate of drug-likeness (QED) is 0.561. The first kappa shape index (κ1) is 11.8. The van der Waals surface area contributed by atoms with Gasteiger partial charge in [0.2, 0.25) is 0 Å². The van der Waals surface area contributed by atoms with Crippen molar-refractivity contribution in [2.75, 3.05) is 0 Å². The van der Waals surface area contributed by atoms with Gasteiger partial charge in [-0.2, -0.15) is 0 Å². The summed E-state index contributed by atoms with van der Waals surface area (Å²) in [6, 6.07) is 0. The van der Waals surface area contributed by atoms with Crippen LogP contribution in [0.1, 0.15) is 53.9 Å². The third-order valence-corrected chi connectivity index (χ3v) is 4.15. The van der Waals surface area contributed by atoms with E-state index in [0.29, 0.717) is 0 Å². The van der Waals surface area contributed by atoms with E-state index < -0.39 is 0 Å². The van der Waals surface area contributed by atoms with Crippen molar-refractivity contribution in [2.24, 2.45) is 23.7 Å². The molecule has 0 spiro atoms. The van der Waals surface area contributed by atoms with E-state index in [4.69, 9.17) is 0 Å². The lowest BCUT2D eigenvalue weighted by Gasteiger charge is -2.25.